The lowest BCUT2D eigenvalue weighted by atomic mass is 9.95. The number of carbonyl (C=O) groups is 2. The molecule has 0 saturated heterocycles. The smallest absolute Gasteiger partial charge is 0.433 e. The van der Waals surface area contributed by atoms with E-state index in [1.54, 1.807) is 12.1 Å². The highest BCUT2D eigenvalue weighted by Gasteiger charge is 2.90. The summed E-state index contributed by atoms with van der Waals surface area (Å²) < 4.78 is 14.7. The van der Waals surface area contributed by atoms with Gasteiger partial charge in [0.15, 0.2) is 10.8 Å². The van der Waals surface area contributed by atoms with E-state index in [9.17, 15) is 30.2 Å². The minimum atomic E-state index is -2.20. The Kier molecular flexibility index (Phi) is 4.48. The van der Waals surface area contributed by atoms with Crippen molar-refractivity contribution in [1.82, 2.24) is 0 Å². The van der Waals surface area contributed by atoms with Crippen molar-refractivity contribution in [3.05, 3.63) is 28.0 Å². The predicted octanol–water partition coefficient (Wildman–Crippen LogP) is 1.43. The molecule has 0 bridgehead atoms. The Bertz CT molecular complexity index is 776. The van der Waals surface area contributed by atoms with Crippen LogP contribution in [0.15, 0.2) is 16.5 Å². The second-order valence-electron chi connectivity index (χ2n) is 5.15. The van der Waals surface area contributed by atoms with Crippen molar-refractivity contribution in [3.63, 3.8) is 0 Å². The topological polar surface area (TPSA) is 156 Å². The van der Waals surface area contributed by atoms with Crippen molar-refractivity contribution < 1.29 is 28.4 Å². The Labute approximate surface area is 141 Å². The van der Waals surface area contributed by atoms with Crippen molar-refractivity contribution in [2.75, 3.05) is 13.2 Å². The molecule has 1 heterocycles. The molecule has 0 radical (unpaired) electrons. The van der Waals surface area contributed by atoms with Gasteiger partial charge >= 0.3 is 17.8 Å². The van der Waals surface area contributed by atoms with Gasteiger partial charge in [-0.05, 0) is 19.9 Å². The molecule has 1 saturated carbocycles. The van der Waals surface area contributed by atoms with E-state index in [4.69, 9.17) is 13.9 Å². The average molecular weight is 347 g/mol. The highest BCUT2D eigenvalue weighted by molar-refractivity contribution is 6.02. The van der Waals surface area contributed by atoms with Gasteiger partial charge in [0.25, 0.3) is 0 Å². The highest BCUT2D eigenvalue weighted by Crippen LogP contribution is 2.75. The van der Waals surface area contributed by atoms with Crippen LogP contribution in [0, 0.1) is 43.6 Å². The molecule has 25 heavy (non-hydrogen) atoms. The second kappa shape index (κ2) is 6.24. The standard InChI is InChI=1S/C15H13N3O7/c1-3-23-12(19)14(7-16)11(9-5-6-10(25-9)18(21)22)15(14,8-17)13(20)24-4-2/h5-6,11H,3-4H2,1-2H3/t11?,14-,15+. The number of ether oxygens (including phenoxy) is 2. The third-order valence-corrected chi connectivity index (χ3v) is 4.03. The van der Waals surface area contributed by atoms with Gasteiger partial charge in [0.2, 0.25) is 0 Å². The fourth-order valence-corrected chi connectivity index (χ4v) is 2.94. The van der Waals surface area contributed by atoms with Crippen LogP contribution in [0.5, 0.6) is 0 Å². The zero-order valence-electron chi connectivity index (χ0n) is 13.3. The summed E-state index contributed by atoms with van der Waals surface area (Å²) in [5, 5.41) is 30.0. The zero-order chi connectivity index (χ0) is 18.8. The molecule has 10 nitrogen and oxygen atoms in total. The summed E-state index contributed by atoms with van der Waals surface area (Å²) in [6, 6.07) is 5.51. The van der Waals surface area contributed by atoms with Gasteiger partial charge in [-0.25, -0.2) is 0 Å². The molecule has 3 atom stereocenters. The first-order valence-corrected chi connectivity index (χ1v) is 7.28. The molecule has 1 fully saturated rings. The van der Waals surface area contributed by atoms with Crippen LogP contribution in [0.4, 0.5) is 5.88 Å². The molecule has 130 valence electrons. The summed E-state index contributed by atoms with van der Waals surface area (Å²) in [5.74, 6) is -4.40. The molecule has 0 aromatic carbocycles. The van der Waals surface area contributed by atoms with Crippen LogP contribution in [0.25, 0.3) is 0 Å². The Balaban J connectivity index is 2.62. The monoisotopic (exact) mass is 347 g/mol. The first kappa shape index (κ1) is 17.9. The number of nitriles is 2. The molecule has 10 heteroatoms. The Morgan fingerprint density at radius 2 is 1.68 bits per heavy atom. The van der Waals surface area contributed by atoms with E-state index in [0.717, 1.165) is 12.1 Å². The lowest BCUT2D eigenvalue weighted by Gasteiger charge is -2.11. The molecule has 0 N–H and O–H groups in total. The van der Waals surface area contributed by atoms with Crippen LogP contribution in [0.2, 0.25) is 0 Å². The number of nitro groups is 1. The normalized spacial score (nSPS) is 26.8. The first-order chi connectivity index (χ1) is 11.9. The lowest BCUT2D eigenvalue weighted by molar-refractivity contribution is -0.402. The fraction of sp³-hybridized carbons (Fsp3) is 0.467. The zero-order valence-corrected chi connectivity index (χ0v) is 13.3. The molecule has 1 unspecified atom stereocenters. The number of nitrogens with zero attached hydrogens (tertiary/aromatic N) is 3. The summed E-state index contributed by atoms with van der Waals surface area (Å²) in [7, 11) is 0. The van der Waals surface area contributed by atoms with E-state index < -0.39 is 39.5 Å². The van der Waals surface area contributed by atoms with Gasteiger partial charge in [-0.3, -0.25) is 19.7 Å². The largest absolute Gasteiger partial charge is 0.465 e. The van der Waals surface area contributed by atoms with Crippen molar-refractivity contribution in [2.24, 2.45) is 10.8 Å². The van der Waals surface area contributed by atoms with Gasteiger partial charge in [-0.1, -0.05) is 0 Å². The number of carbonyl (C=O) groups excluding carboxylic acids is 2. The molecule has 2 rings (SSSR count). The molecule has 1 aliphatic rings. The van der Waals surface area contributed by atoms with E-state index >= 15 is 0 Å². The number of hydrogen-bond acceptors (Lipinski definition) is 9. The predicted molar refractivity (Wildman–Crippen MR) is 77.5 cm³/mol. The summed E-state index contributed by atoms with van der Waals surface area (Å²) in [5.41, 5.74) is -4.40. The van der Waals surface area contributed by atoms with Gasteiger partial charge in [0.05, 0.1) is 37.3 Å². The molecule has 0 amide bonds. The number of esters is 2. The molecular weight excluding hydrogens is 334 g/mol. The van der Waals surface area contributed by atoms with Crippen LogP contribution < -0.4 is 0 Å². The summed E-state index contributed by atoms with van der Waals surface area (Å²) >= 11 is 0. The minimum Gasteiger partial charge on any atom is -0.465 e. The summed E-state index contributed by atoms with van der Waals surface area (Å²) in [6.07, 6.45) is 0. The molecular formula is C15H13N3O7. The maximum atomic E-state index is 12.4. The molecule has 1 aromatic heterocycles. The molecule has 1 aromatic rings. The minimum absolute atomic E-state index is 0.0857. The SMILES string of the molecule is CCOC(=O)[C@@]1(C#N)C(c2ccc([N+](=O)[O-])o2)[C@@]1(C#N)C(=O)OCC. The van der Waals surface area contributed by atoms with Crippen molar-refractivity contribution in [2.45, 2.75) is 19.8 Å². The maximum absolute atomic E-state index is 12.4. The Morgan fingerprint density at radius 3 is 2.00 bits per heavy atom. The lowest BCUT2D eigenvalue weighted by Crippen LogP contribution is -2.30. The molecule has 0 aliphatic heterocycles. The van der Waals surface area contributed by atoms with E-state index in [1.807, 2.05) is 0 Å². The van der Waals surface area contributed by atoms with Crippen LogP contribution in [0.1, 0.15) is 25.5 Å². The first-order valence-electron chi connectivity index (χ1n) is 7.28. The van der Waals surface area contributed by atoms with Gasteiger partial charge in [-0.2, -0.15) is 10.5 Å². The molecule has 0 spiro atoms. The fourth-order valence-electron chi connectivity index (χ4n) is 2.94. The van der Waals surface area contributed by atoms with Crippen LogP contribution in [0.3, 0.4) is 0 Å². The van der Waals surface area contributed by atoms with Crippen LogP contribution in [-0.2, 0) is 19.1 Å². The third kappa shape index (κ3) is 2.22. The summed E-state index contributed by atoms with van der Waals surface area (Å²) in [6.45, 7) is 2.82. The second-order valence-corrected chi connectivity index (χ2v) is 5.15. The maximum Gasteiger partial charge on any atom is 0.433 e. The van der Waals surface area contributed by atoms with E-state index in [2.05, 4.69) is 0 Å². The number of furan rings is 1. The van der Waals surface area contributed by atoms with E-state index in [1.165, 1.54) is 13.8 Å². The van der Waals surface area contributed by atoms with Gasteiger partial charge < -0.3 is 13.9 Å². The average Bonchev–Trinajstić information content (AvgIpc) is 2.91. The van der Waals surface area contributed by atoms with Gasteiger partial charge in [0, 0.05) is 0 Å². The van der Waals surface area contributed by atoms with Gasteiger partial charge in [0.1, 0.15) is 10.7 Å². The Hall–Kier alpha value is -3.40. The third-order valence-electron chi connectivity index (χ3n) is 4.03. The Morgan fingerprint density at radius 1 is 1.20 bits per heavy atom. The number of rotatable bonds is 6. The molecule has 1 aliphatic carbocycles. The van der Waals surface area contributed by atoms with Crippen molar-refractivity contribution >= 4 is 17.8 Å². The van der Waals surface area contributed by atoms with E-state index in [0.29, 0.717) is 0 Å². The quantitative estimate of drug-likeness (QED) is 0.421. The van der Waals surface area contributed by atoms with E-state index in [-0.39, 0.29) is 19.0 Å². The number of hydrogen-bond donors (Lipinski definition) is 0. The van der Waals surface area contributed by atoms with Crippen LogP contribution in [-0.4, -0.2) is 30.1 Å². The van der Waals surface area contributed by atoms with Gasteiger partial charge in [-0.15, -0.1) is 0 Å². The van der Waals surface area contributed by atoms with Crippen LogP contribution >= 0.6 is 0 Å². The highest BCUT2D eigenvalue weighted by atomic mass is 16.6. The van der Waals surface area contributed by atoms with Crippen molar-refractivity contribution in [3.8, 4) is 12.1 Å². The summed E-state index contributed by atoms with van der Waals surface area (Å²) in [4.78, 5) is 34.7. The van der Waals surface area contributed by atoms with Crippen molar-refractivity contribution in [1.29, 1.82) is 10.5 Å².